The number of aromatic nitrogens is 1. The zero-order valence-electron chi connectivity index (χ0n) is 17.3. The van der Waals surface area contributed by atoms with E-state index >= 15 is 0 Å². The van der Waals surface area contributed by atoms with Crippen LogP contribution in [0.15, 0.2) is 59.1 Å². The van der Waals surface area contributed by atoms with Crippen molar-refractivity contribution in [2.75, 3.05) is 13.2 Å². The summed E-state index contributed by atoms with van der Waals surface area (Å²) in [5.74, 6) is 1.64. The third kappa shape index (κ3) is 4.07. The largest absolute Gasteiger partial charge is 0.459 e. The molecule has 5 rings (SSSR count). The molecule has 1 aromatic carbocycles. The first-order chi connectivity index (χ1) is 15.1. The summed E-state index contributed by atoms with van der Waals surface area (Å²) in [5, 5.41) is 4.86. The quantitative estimate of drug-likeness (QED) is 0.518. The van der Waals surface area contributed by atoms with Gasteiger partial charge in [0.15, 0.2) is 5.11 Å². The Morgan fingerprint density at radius 1 is 1.23 bits per heavy atom. The van der Waals surface area contributed by atoms with Crippen LogP contribution in [0.2, 0.25) is 5.02 Å². The van der Waals surface area contributed by atoms with Gasteiger partial charge in [-0.05, 0) is 73.9 Å². The normalized spacial score (nSPS) is 23.4. The van der Waals surface area contributed by atoms with Gasteiger partial charge in [-0.25, -0.2) is 0 Å². The summed E-state index contributed by atoms with van der Waals surface area (Å²) in [6, 6.07) is 15.6. The molecule has 2 aliphatic rings. The summed E-state index contributed by atoms with van der Waals surface area (Å²) < 4.78 is 12.3. The van der Waals surface area contributed by atoms with E-state index in [9.17, 15) is 0 Å². The molecule has 2 aliphatic heterocycles. The predicted molar refractivity (Wildman–Crippen MR) is 125 cm³/mol. The van der Waals surface area contributed by atoms with Crippen molar-refractivity contribution in [3.05, 3.63) is 76.8 Å². The highest BCUT2D eigenvalue weighted by molar-refractivity contribution is 7.80. The molecule has 2 fully saturated rings. The monoisotopic (exact) mass is 453 g/mol. The van der Waals surface area contributed by atoms with Gasteiger partial charge >= 0.3 is 0 Å². The highest BCUT2D eigenvalue weighted by Gasteiger charge is 2.42. The molecule has 0 amide bonds. The Morgan fingerprint density at radius 3 is 2.90 bits per heavy atom. The van der Waals surface area contributed by atoms with Crippen molar-refractivity contribution in [3.8, 4) is 11.3 Å². The molecule has 2 aromatic heterocycles. The Balaban J connectivity index is 1.52. The lowest BCUT2D eigenvalue weighted by Gasteiger charge is -2.28. The minimum Gasteiger partial charge on any atom is -0.459 e. The standard InChI is InChI=1S/C24H24ClN3O2S/c1-15-7-8-16(25)13-18(15)20-9-10-21(30-20)23-22(19-6-2-3-11-26-19)27-24(31)28(23)14-17-5-4-12-29-17/h2-3,6-11,13,17,22-23H,4-5,12,14H2,1H3,(H,27,31)/t17-,22-,23-/m1/s1. The number of rotatable bonds is 5. The van der Waals surface area contributed by atoms with E-state index in [4.69, 9.17) is 33.0 Å². The van der Waals surface area contributed by atoms with E-state index in [1.54, 1.807) is 0 Å². The van der Waals surface area contributed by atoms with Gasteiger partial charge in [-0.3, -0.25) is 4.98 Å². The van der Waals surface area contributed by atoms with Crippen LogP contribution < -0.4 is 5.32 Å². The fraction of sp³-hybridized carbons (Fsp3) is 0.333. The molecule has 3 aromatic rings. The van der Waals surface area contributed by atoms with E-state index in [0.29, 0.717) is 10.1 Å². The van der Waals surface area contributed by atoms with Crippen LogP contribution in [0.4, 0.5) is 0 Å². The summed E-state index contributed by atoms with van der Waals surface area (Å²) >= 11 is 12.0. The van der Waals surface area contributed by atoms with Gasteiger partial charge in [-0.15, -0.1) is 0 Å². The second kappa shape index (κ2) is 8.61. The van der Waals surface area contributed by atoms with Crippen LogP contribution in [-0.4, -0.2) is 34.3 Å². The van der Waals surface area contributed by atoms with E-state index in [2.05, 4.69) is 22.1 Å². The molecule has 7 heteroatoms. The second-order valence-electron chi connectivity index (χ2n) is 8.08. The fourth-order valence-electron chi connectivity index (χ4n) is 4.44. The maximum absolute atomic E-state index is 6.42. The number of halogens is 1. The van der Waals surface area contributed by atoms with Gasteiger partial charge < -0.3 is 19.4 Å². The highest BCUT2D eigenvalue weighted by atomic mass is 35.5. The number of hydrogen-bond acceptors (Lipinski definition) is 4. The topological polar surface area (TPSA) is 50.5 Å². The Labute approximate surface area is 192 Å². The first-order valence-corrected chi connectivity index (χ1v) is 11.3. The lowest BCUT2D eigenvalue weighted by Crippen LogP contribution is -2.36. The first-order valence-electron chi connectivity index (χ1n) is 10.6. The minimum absolute atomic E-state index is 0.102. The number of benzene rings is 1. The smallest absolute Gasteiger partial charge is 0.170 e. The van der Waals surface area contributed by atoms with Gasteiger partial charge in [0.25, 0.3) is 0 Å². The van der Waals surface area contributed by atoms with Crippen LogP contribution in [0.5, 0.6) is 0 Å². The molecular weight excluding hydrogens is 430 g/mol. The van der Waals surface area contributed by atoms with Crippen LogP contribution in [-0.2, 0) is 4.74 Å². The molecule has 160 valence electrons. The zero-order valence-corrected chi connectivity index (χ0v) is 18.8. The molecule has 1 N–H and O–H groups in total. The maximum atomic E-state index is 6.42. The molecule has 5 nitrogen and oxygen atoms in total. The predicted octanol–water partition coefficient (Wildman–Crippen LogP) is 5.45. The van der Waals surface area contributed by atoms with Gasteiger partial charge in [0, 0.05) is 29.9 Å². The number of nitrogens with one attached hydrogen (secondary N) is 1. The fourth-order valence-corrected chi connectivity index (χ4v) is 4.92. The molecule has 4 heterocycles. The van der Waals surface area contributed by atoms with Crippen LogP contribution in [0.1, 0.15) is 41.9 Å². The van der Waals surface area contributed by atoms with Gasteiger partial charge in [-0.1, -0.05) is 23.7 Å². The molecule has 0 saturated carbocycles. The summed E-state index contributed by atoms with van der Waals surface area (Å²) in [6.07, 6.45) is 4.12. The van der Waals surface area contributed by atoms with Gasteiger partial charge in [0.1, 0.15) is 17.6 Å². The number of hydrogen-bond donors (Lipinski definition) is 1. The molecule has 0 bridgehead atoms. The van der Waals surface area contributed by atoms with Gasteiger partial charge in [0.05, 0.1) is 17.8 Å². The second-order valence-corrected chi connectivity index (χ2v) is 8.90. The first kappa shape index (κ1) is 20.5. The van der Waals surface area contributed by atoms with Crippen LogP contribution >= 0.6 is 23.8 Å². The molecular formula is C24H24ClN3O2S. The van der Waals surface area contributed by atoms with Crippen LogP contribution in [0, 0.1) is 6.92 Å². The van der Waals surface area contributed by atoms with Crippen molar-refractivity contribution in [2.45, 2.75) is 38.0 Å². The summed E-state index contributed by atoms with van der Waals surface area (Å²) in [7, 11) is 0. The Hall–Kier alpha value is -2.41. The number of pyridine rings is 1. The highest BCUT2D eigenvalue weighted by Crippen LogP contribution is 2.41. The van der Waals surface area contributed by atoms with Crippen molar-refractivity contribution in [3.63, 3.8) is 0 Å². The summed E-state index contributed by atoms with van der Waals surface area (Å²) in [6.45, 7) is 3.60. The zero-order chi connectivity index (χ0) is 21.4. The van der Waals surface area contributed by atoms with E-state index in [1.165, 1.54) is 0 Å². The molecule has 0 unspecified atom stereocenters. The van der Waals surface area contributed by atoms with E-state index in [1.807, 2.05) is 54.7 Å². The van der Waals surface area contributed by atoms with Crippen LogP contribution in [0.25, 0.3) is 11.3 Å². The van der Waals surface area contributed by atoms with E-state index < -0.39 is 0 Å². The summed E-state index contributed by atoms with van der Waals surface area (Å²) in [4.78, 5) is 6.78. The van der Waals surface area contributed by atoms with Crippen molar-refractivity contribution in [2.24, 2.45) is 0 Å². The van der Waals surface area contributed by atoms with E-state index in [0.717, 1.165) is 54.3 Å². The van der Waals surface area contributed by atoms with Gasteiger partial charge in [-0.2, -0.15) is 0 Å². The third-order valence-corrected chi connectivity index (χ3v) is 6.59. The molecule has 3 atom stereocenters. The average molecular weight is 454 g/mol. The van der Waals surface area contributed by atoms with E-state index in [-0.39, 0.29) is 18.2 Å². The number of ether oxygens (including phenoxy) is 1. The Kier molecular flexibility index (Phi) is 5.69. The van der Waals surface area contributed by atoms with Crippen molar-refractivity contribution < 1.29 is 9.15 Å². The van der Waals surface area contributed by atoms with Crippen molar-refractivity contribution in [1.29, 1.82) is 0 Å². The third-order valence-electron chi connectivity index (χ3n) is 6.01. The number of furan rings is 1. The molecule has 0 spiro atoms. The van der Waals surface area contributed by atoms with Crippen LogP contribution in [0.3, 0.4) is 0 Å². The average Bonchev–Trinajstić information content (AvgIpc) is 3.52. The number of thiocarbonyl (C=S) groups is 1. The Morgan fingerprint density at radius 2 is 2.13 bits per heavy atom. The van der Waals surface area contributed by atoms with Crippen molar-refractivity contribution >= 4 is 28.9 Å². The van der Waals surface area contributed by atoms with Gasteiger partial charge in [0.2, 0.25) is 0 Å². The molecule has 31 heavy (non-hydrogen) atoms. The minimum atomic E-state index is -0.111. The molecule has 0 aliphatic carbocycles. The summed E-state index contributed by atoms with van der Waals surface area (Å²) in [5.41, 5.74) is 3.04. The molecule has 2 saturated heterocycles. The Bertz CT molecular complexity index is 1080. The number of aryl methyl sites for hydroxylation is 1. The maximum Gasteiger partial charge on any atom is 0.170 e. The lowest BCUT2D eigenvalue weighted by atomic mass is 10.0. The SMILES string of the molecule is Cc1ccc(Cl)cc1-c1ccc([C@@H]2[C@@H](c3ccccn3)NC(=S)N2C[C@H]2CCCO2)o1. The molecule has 0 radical (unpaired) electrons. The van der Waals surface area contributed by atoms with Crippen molar-refractivity contribution in [1.82, 2.24) is 15.2 Å². The number of nitrogens with zero attached hydrogens (tertiary/aromatic N) is 2. The lowest BCUT2D eigenvalue weighted by molar-refractivity contribution is 0.0818.